The fraction of sp³-hybridized carbons (Fsp3) is 0.0952. The van der Waals surface area contributed by atoms with Crippen molar-refractivity contribution >= 4 is 17.3 Å². The highest BCUT2D eigenvalue weighted by Crippen LogP contribution is 2.20. The summed E-state index contributed by atoms with van der Waals surface area (Å²) in [5.74, 6) is -0.577. The molecule has 0 aliphatic heterocycles. The number of amides is 1. The molecule has 0 atom stereocenters. The van der Waals surface area contributed by atoms with Crippen LogP contribution in [0.15, 0.2) is 67.0 Å². The van der Waals surface area contributed by atoms with Gasteiger partial charge in [0.15, 0.2) is 0 Å². The van der Waals surface area contributed by atoms with E-state index in [1.165, 1.54) is 12.3 Å². The quantitative estimate of drug-likeness (QED) is 0.701. The first-order valence-corrected chi connectivity index (χ1v) is 8.40. The molecule has 0 unspecified atom stereocenters. The predicted molar refractivity (Wildman–Crippen MR) is 101 cm³/mol. The molecule has 1 heterocycles. The number of anilines is 2. The summed E-state index contributed by atoms with van der Waals surface area (Å²) >= 11 is 0. The van der Waals surface area contributed by atoms with Crippen molar-refractivity contribution in [2.45, 2.75) is 6.42 Å². The molecule has 0 saturated carbocycles. The van der Waals surface area contributed by atoms with Gasteiger partial charge >= 0.3 is 0 Å². The van der Waals surface area contributed by atoms with E-state index < -0.39 is 0 Å². The highest BCUT2D eigenvalue weighted by atomic mass is 19.1. The molecule has 6 heteroatoms. The van der Waals surface area contributed by atoms with Crippen LogP contribution in [0.3, 0.4) is 0 Å². The van der Waals surface area contributed by atoms with Gasteiger partial charge in [0.25, 0.3) is 5.91 Å². The Morgan fingerprint density at radius 3 is 2.70 bits per heavy atom. The number of nitrogens with one attached hydrogen (secondary N) is 2. The topological polar surface area (TPSA) is 77.8 Å². The average Bonchev–Trinajstić information content (AvgIpc) is 2.70. The molecule has 5 nitrogen and oxygen atoms in total. The van der Waals surface area contributed by atoms with Crippen LogP contribution in [0.2, 0.25) is 0 Å². The number of benzene rings is 2. The molecule has 0 radical (unpaired) electrons. The summed E-state index contributed by atoms with van der Waals surface area (Å²) in [7, 11) is 0. The van der Waals surface area contributed by atoms with Crippen molar-refractivity contribution in [3.8, 4) is 6.07 Å². The number of hydrogen-bond acceptors (Lipinski definition) is 4. The first kappa shape index (κ1) is 18.1. The molecule has 2 N–H and O–H groups in total. The predicted octanol–water partition coefficient (Wildman–Crippen LogP) is 3.81. The summed E-state index contributed by atoms with van der Waals surface area (Å²) in [6.07, 6.45) is 3.43. The van der Waals surface area contributed by atoms with Crippen molar-refractivity contribution < 1.29 is 9.18 Å². The van der Waals surface area contributed by atoms with Crippen LogP contribution in [-0.2, 0) is 6.42 Å². The Morgan fingerprint density at radius 1 is 1.11 bits per heavy atom. The number of nitrogens with zero attached hydrogens (tertiary/aromatic N) is 2. The first-order valence-electron chi connectivity index (χ1n) is 8.40. The third kappa shape index (κ3) is 4.67. The minimum absolute atomic E-state index is 0.282. The lowest BCUT2D eigenvalue weighted by molar-refractivity contribution is 0.0953. The molecule has 2 aromatic carbocycles. The van der Waals surface area contributed by atoms with Gasteiger partial charge in [0.05, 0.1) is 28.7 Å². The lowest BCUT2D eigenvalue weighted by Crippen LogP contribution is -2.26. The Hall–Kier alpha value is -3.72. The van der Waals surface area contributed by atoms with Gasteiger partial charge in [-0.1, -0.05) is 30.3 Å². The number of hydrogen-bond donors (Lipinski definition) is 2. The Kier molecular flexibility index (Phi) is 5.75. The van der Waals surface area contributed by atoms with Crippen LogP contribution >= 0.6 is 0 Å². The van der Waals surface area contributed by atoms with Gasteiger partial charge in [-0.25, -0.2) is 4.39 Å². The Balaban J connectivity index is 1.63. The summed E-state index contributed by atoms with van der Waals surface area (Å²) in [6, 6.07) is 17.3. The lowest BCUT2D eigenvalue weighted by atomic mass is 10.1. The second-order valence-electron chi connectivity index (χ2n) is 5.84. The molecule has 3 rings (SSSR count). The molecule has 0 aliphatic carbocycles. The maximum Gasteiger partial charge on any atom is 0.252 e. The third-order valence-electron chi connectivity index (χ3n) is 3.96. The van der Waals surface area contributed by atoms with Crippen LogP contribution < -0.4 is 10.6 Å². The number of nitriles is 1. The molecule has 0 spiro atoms. The van der Waals surface area contributed by atoms with Gasteiger partial charge in [-0.05, 0) is 36.2 Å². The molecule has 0 saturated heterocycles. The second kappa shape index (κ2) is 8.59. The molecule has 0 bridgehead atoms. The fourth-order valence-electron chi connectivity index (χ4n) is 2.59. The first-order chi connectivity index (χ1) is 13.2. The molecule has 1 amide bonds. The van der Waals surface area contributed by atoms with Crippen molar-refractivity contribution in [3.63, 3.8) is 0 Å². The van der Waals surface area contributed by atoms with E-state index in [4.69, 9.17) is 5.26 Å². The van der Waals surface area contributed by atoms with Gasteiger partial charge in [0.1, 0.15) is 11.9 Å². The van der Waals surface area contributed by atoms with E-state index in [0.29, 0.717) is 41.0 Å². The summed E-state index contributed by atoms with van der Waals surface area (Å²) in [5, 5.41) is 15.0. The summed E-state index contributed by atoms with van der Waals surface area (Å²) < 4.78 is 13.6. The van der Waals surface area contributed by atoms with Crippen molar-refractivity contribution in [1.82, 2.24) is 10.3 Å². The SMILES string of the molecule is N#Cc1ccccc1Nc1cncc(C(=O)NCCc2ccccc2F)c1. The van der Waals surface area contributed by atoms with E-state index in [-0.39, 0.29) is 11.7 Å². The molecule has 134 valence electrons. The van der Waals surface area contributed by atoms with Crippen LogP contribution in [0, 0.1) is 17.1 Å². The summed E-state index contributed by atoms with van der Waals surface area (Å²) in [5.41, 5.74) is 2.66. The zero-order valence-electron chi connectivity index (χ0n) is 14.4. The van der Waals surface area contributed by atoms with E-state index >= 15 is 0 Å². The molecule has 27 heavy (non-hydrogen) atoms. The normalized spacial score (nSPS) is 10.1. The van der Waals surface area contributed by atoms with Crippen LogP contribution in [0.25, 0.3) is 0 Å². The number of carbonyl (C=O) groups excluding carboxylic acids is 1. The average molecular weight is 360 g/mol. The van der Waals surface area contributed by atoms with E-state index in [1.807, 2.05) is 6.07 Å². The maximum atomic E-state index is 13.6. The smallest absolute Gasteiger partial charge is 0.252 e. The van der Waals surface area contributed by atoms with E-state index in [9.17, 15) is 9.18 Å². The zero-order valence-corrected chi connectivity index (χ0v) is 14.4. The Labute approximate surface area is 156 Å². The van der Waals surface area contributed by atoms with Crippen molar-refractivity contribution in [3.05, 3.63) is 89.5 Å². The Bertz CT molecular complexity index is 997. The Morgan fingerprint density at radius 2 is 1.89 bits per heavy atom. The largest absolute Gasteiger partial charge is 0.353 e. The fourth-order valence-corrected chi connectivity index (χ4v) is 2.59. The van der Waals surface area contributed by atoms with E-state index in [0.717, 1.165) is 0 Å². The summed E-state index contributed by atoms with van der Waals surface area (Å²) in [4.78, 5) is 16.4. The highest BCUT2D eigenvalue weighted by molar-refractivity contribution is 5.94. The van der Waals surface area contributed by atoms with E-state index in [1.54, 1.807) is 48.7 Å². The molecule has 0 fully saturated rings. The number of halogens is 1. The van der Waals surface area contributed by atoms with Crippen LogP contribution in [0.4, 0.5) is 15.8 Å². The standard InChI is InChI=1S/C21H17FN4O/c22-19-7-3-1-5-15(19)9-10-25-21(27)17-11-18(14-24-13-17)26-20-8-4-2-6-16(20)12-23/h1-8,11,13-14,26H,9-10H2,(H,25,27). The number of pyridine rings is 1. The summed E-state index contributed by atoms with van der Waals surface area (Å²) in [6.45, 7) is 0.314. The molecule has 1 aromatic heterocycles. The van der Waals surface area contributed by atoms with Crippen LogP contribution in [0.1, 0.15) is 21.5 Å². The van der Waals surface area contributed by atoms with Crippen molar-refractivity contribution in [2.24, 2.45) is 0 Å². The third-order valence-corrected chi connectivity index (χ3v) is 3.96. The van der Waals surface area contributed by atoms with Crippen molar-refractivity contribution in [1.29, 1.82) is 5.26 Å². The molecular weight excluding hydrogens is 343 g/mol. The number of aromatic nitrogens is 1. The number of rotatable bonds is 6. The molecular formula is C21H17FN4O. The number of para-hydroxylation sites is 1. The van der Waals surface area contributed by atoms with Gasteiger partial charge in [-0.3, -0.25) is 9.78 Å². The van der Waals surface area contributed by atoms with Gasteiger partial charge in [-0.2, -0.15) is 5.26 Å². The van der Waals surface area contributed by atoms with E-state index in [2.05, 4.69) is 21.7 Å². The van der Waals surface area contributed by atoms with Gasteiger partial charge in [0, 0.05) is 12.7 Å². The molecule has 0 aliphatic rings. The number of carbonyl (C=O) groups is 1. The van der Waals surface area contributed by atoms with Crippen molar-refractivity contribution in [2.75, 3.05) is 11.9 Å². The maximum absolute atomic E-state index is 13.6. The lowest BCUT2D eigenvalue weighted by Gasteiger charge is -2.10. The van der Waals surface area contributed by atoms with Gasteiger partial charge in [-0.15, -0.1) is 0 Å². The van der Waals surface area contributed by atoms with Crippen LogP contribution in [-0.4, -0.2) is 17.4 Å². The molecule has 3 aromatic rings. The minimum Gasteiger partial charge on any atom is -0.353 e. The monoisotopic (exact) mass is 360 g/mol. The second-order valence-corrected chi connectivity index (χ2v) is 5.84. The van der Waals surface area contributed by atoms with Crippen LogP contribution in [0.5, 0.6) is 0 Å². The van der Waals surface area contributed by atoms with Gasteiger partial charge in [0.2, 0.25) is 0 Å². The minimum atomic E-state index is -0.295. The van der Waals surface area contributed by atoms with Gasteiger partial charge < -0.3 is 10.6 Å². The highest BCUT2D eigenvalue weighted by Gasteiger charge is 2.09. The zero-order chi connectivity index (χ0) is 19.1.